The zero-order valence-electron chi connectivity index (χ0n) is 10.3. The van der Waals surface area contributed by atoms with E-state index in [-0.39, 0.29) is 5.41 Å². The first-order chi connectivity index (χ1) is 6.95. The molecule has 5 nitrogen and oxygen atoms in total. The van der Waals surface area contributed by atoms with Crippen LogP contribution in [0.15, 0.2) is 0 Å². The monoisotopic (exact) mass is 211 g/mol. The molecule has 0 amide bonds. The van der Waals surface area contributed by atoms with Gasteiger partial charge < -0.3 is 5.32 Å². The van der Waals surface area contributed by atoms with Gasteiger partial charge in [0.25, 0.3) is 0 Å². The predicted molar refractivity (Wildman–Crippen MR) is 59.2 cm³/mol. The highest BCUT2D eigenvalue weighted by molar-refractivity contribution is 4.81. The molecule has 5 heteroatoms. The van der Waals surface area contributed by atoms with E-state index < -0.39 is 0 Å². The molecule has 0 aliphatic carbocycles. The van der Waals surface area contributed by atoms with E-state index in [0.29, 0.717) is 12.5 Å². The zero-order valence-corrected chi connectivity index (χ0v) is 10.3. The molecular formula is C10H21N5. The molecule has 0 spiro atoms. The van der Waals surface area contributed by atoms with Crippen LogP contribution < -0.4 is 5.32 Å². The second-order valence-corrected chi connectivity index (χ2v) is 5.07. The quantitative estimate of drug-likeness (QED) is 0.809. The van der Waals surface area contributed by atoms with Crippen LogP contribution in [0.2, 0.25) is 0 Å². The smallest absolute Gasteiger partial charge is 0.165 e. The number of nitrogens with zero attached hydrogens (tertiary/aromatic N) is 4. The Morgan fingerprint density at radius 2 is 2.07 bits per heavy atom. The van der Waals surface area contributed by atoms with Crippen LogP contribution in [-0.4, -0.2) is 27.3 Å². The van der Waals surface area contributed by atoms with Gasteiger partial charge >= 0.3 is 0 Å². The third kappa shape index (κ3) is 3.27. The first-order valence-corrected chi connectivity index (χ1v) is 5.34. The van der Waals surface area contributed by atoms with Gasteiger partial charge in [-0.05, 0) is 28.8 Å². The largest absolute Gasteiger partial charge is 0.313 e. The fourth-order valence-corrected chi connectivity index (χ4v) is 1.18. The van der Waals surface area contributed by atoms with Crippen molar-refractivity contribution in [2.75, 3.05) is 7.05 Å². The molecule has 1 N–H and O–H groups in total. The van der Waals surface area contributed by atoms with Crippen LogP contribution in [-0.2, 0) is 13.1 Å². The van der Waals surface area contributed by atoms with Gasteiger partial charge in [0.15, 0.2) is 5.82 Å². The van der Waals surface area contributed by atoms with Crippen LogP contribution in [0.3, 0.4) is 0 Å². The Labute approximate surface area is 91.2 Å². The van der Waals surface area contributed by atoms with E-state index in [1.165, 1.54) is 0 Å². The number of nitrogens with one attached hydrogen (secondary N) is 1. The highest BCUT2D eigenvalue weighted by atomic mass is 15.5. The fraction of sp³-hybridized carbons (Fsp3) is 0.900. The van der Waals surface area contributed by atoms with Gasteiger partial charge in [0.1, 0.15) is 0 Å². The molecule has 1 rings (SSSR count). The lowest BCUT2D eigenvalue weighted by Gasteiger charge is -2.27. The van der Waals surface area contributed by atoms with Crippen molar-refractivity contribution in [1.29, 1.82) is 0 Å². The normalized spacial score (nSPS) is 14.2. The first kappa shape index (κ1) is 12.1. The standard InChI is InChI=1S/C10H21N5/c1-8(10(2,3)4)7-15-9(6-11-5)12-13-14-15/h8,11H,6-7H2,1-5H3. The summed E-state index contributed by atoms with van der Waals surface area (Å²) in [5, 5.41) is 14.7. The van der Waals surface area contributed by atoms with Crippen molar-refractivity contribution in [2.24, 2.45) is 11.3 Å². The summed E-state index contributed by atoms with van der Waals surface area (Å²) in [5.41, 5.74) is 0.281. The Kier molecular flexibility index (Phi) is 3.79. The van der Waals surface area contributed by atoms with Gasteiger partial charge in [-0.1, -0.05) is 27.7 Å². The summed E-state index contributed by atoms with van der Waals surface area (Å²) < 4.78 is 1.88. The molecule has 1 atom stereocenters. The molecule has 1 aromatic rings. The molecule has 0 saturated heterocycles. The van der Waals surface area contributed by atoms with Crippen LogP contribution in [0.1, 0.15) is 33.5 Å². The summed E-state index contributed by atoms with van der Waals surface area (Å²) in [6.07, 6.45) is 0. The second-order valence-electron chi connectivity index (χ2n) is 5.07. The van der Waals surface area contributed by atoms with E-state index >= 15 is 0 Å². The summed E-state index contributed by atoms with van der Waals surface area (Å²) in [6.45, 7) is 10.5. The molecule has 0 saturated carbocycles. The van der Waals surface area contributed by atoms with Crippen molar-refractivity contribution in [2.45, 2.75) is 40.8 Å². The Morgan fingerprint density at radius 1 is 1.40 bits per heavy atom. The Bertz CT molecular complexity index is 299. The fourth-order valence-electron chi connectivity index (χ4n) is 1.18. The van der Waals surface area contributed by atoms with Crippen molar-refractivity contribution in [3.05, 3.63) is 5.82 Å². The van der Waals surface area contributed by atoms with Crippen molar-refractivity contribution in [1.82, 2.24) is 25.5 Å². The van der Waals surface area contributed by atoms with Crippen molar-refractivity contribution in [3.8, 4) is 0 Å². The lowest BCUT2D eigenvalue weighted by atomic mass is 9.82. The topological polar surface area (TPSA) is 55.6 Å². The lowest BCUT2D eigenvalue weighted by Crippen LogP contribution is -2.25. The minimum atomic E-state index is 0.281. The van der Waals surface area contributed by atoms with E-state index in [4.69, 9.17) is 0 Å². The summed E-state index contributed by atoms with van der Waals surface area (Å²) in [4.78, 5) is 0. The minimum absolute atomic E-state index is 0.281. The molecule has 0 aliphatic rings. The van der Waals surface area contributed by atoms with Gasteiger partial charge in [-0.15, -0.1) is 5.10 Å². The number of aromatic nitrogens is 4. The molecular weight excluding hydrogens is 190 g/mol. The molecule has 1 heterocycles. The molecule has 15 heavy (non-hydrogen) atoms. The van der Waals surface area contributed by atoms with Crippen molar-refractivity contribution < 1.29 is 0 Å². The maximum Gasteiger partial charge on any atom is 0.165 e. The molecule has 0 radical (unpaired) electrons. The van der Waals surface area contributed by atoms with E-state index in [2.05, 4.69) is 48.5 Å². The van der Waals surface area contributed by atoms with Gasteiger partial charge in [0.05, 0.1) is 6.54 Å². The highest BCUT2D eigenvalue weighted by Gasteiger charge is 2.21. The van der Waals surface area contributed by atoms with Crippen LogP contribution in [0, 0.1) is 11.3 Å². The molecule has 0 aromatic carbocycles. The van der Waals surface area contributed by atoms with E-state index in [9.17, 15) is 0 Å². The van der Waals surface area contributed by atoms with Crippen LogP contribution in [0.25, 0.3) is 0 Å². The van der Waals surface area contributed by atoms with Gasteiger partial charge in [-0.2, -0.15) is 0 Å². The molecule has 86 valence electrons. The Hall–Kier alpha value is -0.970. The van der Waals surface area contributed by atoms with Gasteiger partial charge in [-0.25, -0.2) is 4.68 Å². The molecule has 0 bridgehead atoms. The van der Waals surface area contributed by atoms with E-state index in [1.807, 2.05) is 11.7 Å². The molecule has 0 aliphatic heterocycles. The second kappa shape index (κ2) is 4.70. The van der Waals surface area contributed by atoms with Crippen molar-refractivity contribution >= 4 is 0 Å². The van der Waals surface area contributed by atoms with Crippen LogP contribution >= 0.6 is 0 Å². The third-order valence-electron chi connectivity index (χ3n) is 2.87. The maximum absolute atomic E-state index is 4.00. The number of rotatable bonds is 4. The minimum Gasteiger partial charge on any atom is -0.313 e. The first-order valence-electron chi connectivity index (χ1n) is 5.34. The van der Waals surface area contributed by atoms with Gasteiger partial charge in [-0.3, -0.25) is 0 Å². The van der Waals surface area contributed by atoms with E-state index in [1.54, 1.807) is 0 Å². The number of hydrogen-bond acceptors (Lipinski definition) is 4. The van der Waals surface area contributed by atoms with Gasteiger partial charge in [0.2, 0.25) is 0 Å². The Morgan fingerprint density at radius 3 is 2.60 bits per heavy atom. The summed E-state index contributed by atoms with van der Waals surface area (Å²) in [6, 6.07) is 0. The predicted octanol–water partition coefficient (Wildman–Crippen LogP) is 1.07. The third-order valence-corrected chi connectivity index (χ3v) is 2.87. The van der Waals surface area contributed by atoms with Crippen LogP contribution in [0.5, 0.6) is 0 Å². The summed E-state index contributed by atoms with van der Waals surface area (Å²) in [5.74, 6) is 1.44. The summed E-state index contributed by atoms with van der Waals surface area (Å²) in [7, 11) is 1.90. The highest BCUT2D eigenvalue weighted by Crippen LogP contribution is 2.26. The number of tetrazole rings is 1. The maximum atomic E-state index is 4.00. The Balaban J connectivity index is 2.68. The molecule has 1 unspecified atom stereocenters. The molecule has 0 fully saturated rings. The zero-order chi connectivity index (χ0) is 11.5. The number of hydrogen-bond donors (Lipinski definition) is 1. The SMILES string of the molecule is CNCc1nnnn1CC(C)C(C)(C)C. The lowest BCUT2D eigenvalue weighted by molar-refractivity contribution is 0.222. The molecule has 1 aromatic heterocycles. The van der Waals surface area contributed by atoms with Crippen molar-refractivity contribution in [3.63, 3.8) is 0 Å². The van der Waals surface area contributed by atoms with Gasteiger partial charge in [0, 0.05) is 6.54 Å². The van der Waals surface area contributed by atoms with E-state index in [0.717, 1.165) is 12.4 Å². The average Bonchev–Trinajstić information content (AvgIpc) is 2.52. The summed E-state index contributed by atoms with van der Waals surface area (Å²) >= 11 is 0. The van der Waals surface area contributed by atoms with Crippen LogP contribution in [0.4, 0.5) is 0 Å². The average molecular weight is 211 g/mol.